The largest absolute Gasteiger partial charge is 0.508 e. The van der Waals surface area contributed by atoms with Crippen molar-refractivity contribution in [3.63, 3.8) is 0 Å². The molecular formula is C52H72N10O13. The van der Waals surface area contributed by atoms with Crippen molar-refractivity contribution in [2.45, 2.75) is 115 Å². The van der Waals surface area contributed by atoms with Gasteiger partial charge < -0.3 is 68.3 Å². The van der Waals surface area contributed by atoms with E-state index in [1.165, 1.54) is 58.2 Å². The molecule has 2 aromatic carbocycles. The number of aliphatic imine (C=N–C) groups is 1. The molecule has 13 N–H and O–H groups in total. The highest BCUT2D eigenvalue weighted by atomic mass is 16.5. The van der Waals surface area contributed by atoms with Crippen LogP contribution in [0.1, 0.15) is 71.4 Å². The van der Waals surface area contributed by atoms with E-state index in [0.717, 1.165) is 10.5 Å². The van der Waals surface area contributed by atoms with Crippen LogP contribution in [0.25, 0.3) is 0 Å². The Morgan fingerprint density at radius 2 is 1.43 bits per heavy atom. The lowest BCUT2D eigenvalue weighted by Gasteiger charge is -2.28. The number of hydrogen-bond donors (Lipinski definition) is 11. The molecule has 0 bridgehead atoms. The van der Waals surface area contributed by atoms with Gasteiger partial charge in [0.2, 0.25) is 35.4 Å². The van der Waals surface area contributed by atoms with Gasteiger partial charge in [0.05, 0.1) is 24.0 Å². The van der Waals surface area contributed by atoms with Crippen LogP contribution in [0.5, 0.6) is 5.75 Å². The monoisotopic (exact) mass is 1040 g/mol. The number of benzene rings is 2. The predicted molar refractivity (Wildman–Crippen MR) is 277 cm³/mol. The molecule has 75 heavy (non-hydrogen) atoms. The number of rotatable bonds is 15. The third kappa shape index (κ3) is 19.7. The van der Waals surface area contributed by atoms with Gasteiger partial charge in [-0.3, -0.25) is 38.6 Å². The molecule has 0 spiro atoms. The molecule has 1 saturated heterocycles. The highest BCUT2D eigenvalue weighted by molar-refractivity contribution is 6.00. The molecule has 2 aromatic rings. The van der Waals surface area contributed by atoms with Crippen LogP contribution in [0.2, 0.25) is 0 Å². The second-order valence-corrected chi connectivity index (χ2v) is 18.5. The lowest BCUT2D eigenvalue weighted by molar-refractivity contribution is -0.146. The topological polar surface area (TPSA) is 363 Å². The van der Waals surface area contributed by atoms with Gasteiger partial charge >= 0.3 is 11.9 Å². The SMILES string of the molecule is C=C1C(=O)N[C@H](C)C(=O)NC(Cc2ccc(O)cc2)C(=O)NC(C(=O)O)[C@H](C)C(=O)NC(CCCN=C(N)N)C(=O)N[C@@H](/C=C/C(C)=C/[C@H](C)[C@H](Cc2ccccc2)OC)[C@H](C)C(=O)N[C@@H](C(=O)O)CCC(=O)N1C. The molecule has 0 aliphatic carbocycles. The summed E-state index contributed by atoms with van der Waals surface area (Å²) < 4.78 is 5.82. The number of carbonyl (C=O) groups excluding carboxylic acids is 7. The number of hydrogen-bond acceptors (Lipinski definition) is 12. The summed E-state index contributed by atoms with van der Waals surface area (Å²) in [7, 11) is 2.80. The quantitative estimate of drug-likeness (QED) is 0.0381. The number of likely N-dealkylation sites (N-methyl/N-ethyl adjacent to an activating group) is 1. The smallest absolute Gasteiger partial charge is 0.327 e. The molecular weight excluding hydrogens is 973 g/mol. The van der Waals surface area contributed by atoms with E-state index < -0.39 is 120 Å². The van der Waals surface area contributed by atoms with Gasteiger partial charge in [-0.1, -0.05) is 93.6 Å². The number of aliphatic carboxylic acids is 2. The molecule has 10 atom stereocenters. The van der Waals surface area contributed by atoms with E-state index in [4.69, 9.17) is 16.2 Å². The molecule has 0 aromatic heterocycles. The summed E-state index contributed by atoms with van der Waals surface area (Å²) in [4.78, 5) is 127. The fraction of sp³-hybridized carbons (Fsp3) is 0.462. The van der Waals surface area contributed by atoms with E-state index in [9.17, 15) is 58.5 Å². The highest BCUT2D eigenvalue weighted by Crippen LogP contribution is 2.19. The number of allylic oxidation sites excluding steroid dienone is 2. The van der Waals surface area contributed by atoms with Crippen LogP contribution in [-0.4, -0.2) is 143 Å². The average Bonchev–Trinajstić information content (AvgIpc) is 3.36. The molecule has 1 aliphatic rings. The molecule has 23 nitrogen and oxygen atoms in total. The number of carboxylic acid groups (broad SMARTS) is 2. The van der Waals surface area contributed by atoms with Crippen molar-refractivity contribution in [3.8, 4) is 5.75 Å². The zero-order valence-corrected chi connectivity index (χ0v) is 43.3. The second-order valence-electron chi connectivity index (χ2n) is 18.5. The van der Waals surface area contributed by atoms with Crippen LogP contribution in [0, 0.1) is 17.8 Å². The van der Waals surface area contributed by atoms with E-state index in [2.05, 4.69) is 43.5 Å². The fourth-order valence-electron chi connectivity index (χ4n) is 7.83. The zero-order valence-electron chi connectivity index (χ0n) is 43.3. The van der Waals surface area contributed by atoms with E-state index in [1.807, 2.05) is 43.3 Å². The first-order chi connectivity index (χ1) is 35.3. The average molecular weight is 1050 g/mol. The molecule has 1 aliphatic heterocycles. The number of nitrogens with two attached hydrogens (primary N) is 2. The lowest BCUT2D eigenvalue weighted by Crippen LogP contribution is -2.59. The maximum atomic E-state index is 14.4. The Kier molecular flexibility index (Phi) is 24.1. The van der Waals surface area contributed by atoms with Gasteiger partial charge in [0, 0.05) is 39.5 Å². The van der Waals surface area contributed by atoms with Crippen LogP contribution in [0.3, 0.4) is 0 Å². The van der Waals surface area contributed by atoms with Crippen LogP contribution >= 0.6 is 0 Å². The Bertz CT molecular complexity index is 2460. The van der Waals surface area contributed by atoms with E-state index in [1.54, 1.807) is 20.1 Å². The lowest BCUT2D eigenvalue weighted by atomic mass is 9.94. The van der Waals surface area contributed by atoms with Crippen molar-refractivity contribution in [2.75, 3.05) is 20.7 Å². The number of amides is 7. The van der Waals surface area contributed by atoms with Crippen LogP contribution in [0.4, 0.5) is 0 Å². The first-order valence-corrected chi connectivity index (χ1v) is 24.3. The summed E-state index contributed by atoms with van der Waals surface area (Å²) in [6.07, 6.45) is 4.20. The van der Waals surface area contributed by atoms with Crippen molar-refractivity contribution < 1.29 is 63.2 Å². The number of carbonyl (C=O) groups is 9. The third-order valence-corrected chi connectivity index (χ3v) is 12.6. The van der Waals surface area contributed by atoms with Gasteiger partial charge in [-0.2, -0.15) is 0 Å². The Labute approximate surface area is 436 Å². The van der Waals surface area contributed by atoms with Gasteiger partial charge in [-0.15, -0.1) is 0 Å². The summed E-state index contributed by atoms with van der Waals surface area (Å²) in [5, 5.41) is 45.4. The summed E-state index contributed by atoms with van der Waals surface area (Å²) in [5.74, 6) is -13.0. The number of phenolic OH excluding ortho intramolecular Hbond substituents is 1. The van der Waals surface area contributed by atoms with Crippen molar-refractivity contribution in [1.29, 1.82) is 0 Å². The summed E-state index contributed by atoms with van der Waals surface area (Å²) in [6, 6.07) is 6.06. The first-order valence-electron chi connectivity index (χ1n) is 24.3. The molecule has 3 unspecified atom stereocenters. The van der Waals surface area contributed by atoms with Crippen molar-refractivity contribution in [2.24, 2.45) is 34.2 Å². The van der Waals surface area contributed by atoms with E-state index in [-0.39, 0.29) is 49.5 Å². The molecule has 0 saturated carbocycles. The van der Waals surface area contributed by atoms with Crippen LogP contribution in [-0.2, 0) is 60.7 Å². The number of carboxylic acids is 2. The molecule has 7 amide bonds. The summed E-state index contributed by atoms with van der Waals surface area (Å²) >= 11 is 0. The molecule has 1 fully saturated rings. The Morgan fingerprint density at radius 3 is 2.03 bits per heavy atom. The van der Waals surface area contributed by atoms with E-state index in [0.29, 0.717) is 17.6 Å². The van der Waals surface area contributed by atoms with Crippen molar-refractivity contribution >= 4 is 59.2 Å². The van der Waals surface area contributed by atoms with Crippen LogP contribution < -0.4 is 43.4 Å². The number of phenols is 1. The van der Waals surface area contributed by atoms with Crippen LogP contribution in [0.15, 0.2) is 95.7 Å². The fourth-order valence-corrected chi connectivity index (χ4v) is 7.83. The predicted octanol–water partition coefficient (Wildman–Crippen LogP) is 0.521. The third-order valence-electron chi connectivity index (χ3n) is 12.6. The molecule has 3 rings (SSSR count). The van der Waals surface area contributed by atoms with Crippen molar-refractivity contribution in [1.82, 2.24) is 36.8 Å². The van der Waals surface area contributed by atoms with Gasteiger partial charge in [-0.25, -0.2) is 9.59 Å². The number of methoxy groups -OCH3 is 1. The molecule has 408 valence electrons. The maximum Gasteiger partial charge on any atom is 0.327 e. The first kappa shape index (κ1) is 61.2. The minimum Gasteiger partial charge on any atom is -0.508 e. The Morgan fingerprint density at radius 1 is 0.813 bits per heavy atom. The van der Waals surface area contributed by atoms with Gasteiger partial charge in [0.25, 0.3) is 5.91 Å². The van der Waals surface area contributed by atoms with Gasteiger partial charge in [-0.05, 0) is 62.8 Å². The van der Waals surface area contributed by atoms with Gasteiger partial charge in [0.1, 0.15) is 41.7 Å². The second kappa shape index (κ2) is 29.6. The Balaban J connectivity index is 2.14. The zero-order chi connectivity index (χ0) is 56.1. The number of nitrogens with zero attached hydrogens (tertiary/aromatic N) is 2. The normalized spacial score (nSPS) is 24.5. The number of guanidine groups is 1. The maximum absolute atomic E-state index is 14.4. The number of aromatic hydroxyl groups is 1. The summed E-state index contributed by atoms with van der Waals surface area (Å²) in [6.45, 7) is 11.3. The number of nitrogens with one attached hydrogen (secondary N) is 6. The molecule has 23 heteroatoms. The van der Waals surface area contributed by atoms with Crippen molar-refractivity contribution in [3.05, 3.63) is 102 Å². The summed E-state index contributed by atoms with van der Waals surface area (Å²) in [5.41, 5.74) is 12.7. The molecule has 0 radical (unpaired) electrons. The highest BCUT2D eigenvalue weighted by Gasteiger charge is 2.37. The van der Waals surface area contributed by atoms with Gasteiger partial charge in [0.15, 0.2) is 5.96 Å². The standard InChI is InChI=1S/C52H72N10O13/c1-28(25-29(2)41(75-8)27-34-13-10-9-11-14-34)16-21-37-30(3)44(65)59-39(50(71)72)22-23-42(64)62(7)33(6)47(68)56-32(5)46(67)60-40(26-35-17-19-36(63)20-18-35)49(70)61-43(51(73)74)31(4)45(66)58-38(48(69)57-37)15-12-24-55-52(53)54/h9-11,13-14,16-21,25,29-32,37-41,43,63H,6,12,15,22-24,26-27H2,1-5,7-8H3,(H,56,68)(H,57,69)(H,58,66)(H,59,65)(H,60,67)(H,61,70)(H,71,72)(H,73,74)(H4,53,54,55)/b21-16+,28-25+/t29-,30-,31-,32+,37-,38?,39+,40?,41-,43?/m0/s1. The minimum absolute atomic E-state index is 0.00181. The number of ether oxygens (including phenoxy) is 1. The molecule has 1 heterocycles. The van der Waals surface area contributed by atoms with E-state index >= 15 is 0 Å². The Hall–Kier alpha value is -8.08. The minimum atomic E-state index is -1.96.